The van der Waals surface area contributed by atoms with Crippen LogP contribution in [0.25, 0.3) is 0 Å². The van der Waals surface area contributed by atoms with Gasteiger partial charge in [-0.25, -0.2) is 15.0 Å². The van der Waals surface area contributed by atoms with Crippen LogP contribution in [0.5, 0.6) is 0 Å². The molecule has 2 unspecified atom stereocenters. The fourth-order valence-corrected chi connectivity index (χ4v) is 3.16. The fourth-order valence-electron chi connectivity index (χ4n) is 3.16. The van der Waals surface area contributed by atoms with Gasteiger partial charge in [-0.3, -0.25) is 9.79 Å². The smallest absolute Gasteiger partial charge is 0.271 e. The molecule has 1 aliphatic carbocycles. The third-order valence-corrected chi connectivity index (χ3v) is 4.72. The van der Waals surface area contributed by atoms with Crippen LogP contribution in [0.1, 0.15) is 36.2 Å². The van der Waals surface area contributed by atoms with Gasteiger partial charge in [0.15, 0.2) is 11.5 Å². The highest BCUT2D eigenvalue weighted by Crippen LogP contribution is 2.22. The third kappa shape index (κ3) is 5.66. The van der Waals surface area contributed by atoms with E-state index in [1.54, 1.807) is 6.21 Å². The van der Waals surface area contributed by atoms with Crippen molar-refractivity contribution in [3.05, 3.63) is 42.2 Å². The molecule has 29 heavy (non-hydrogen) atoms. The standard InChI is InChI=1S/C20H26N8O/c21-10-14(11-24-13-6-2-1-3-7-13)26-20-18(19(23)29)25-12-17(28-20)27-16-9-5-4-8-15(16)22/h1-3,6-7,11-12,15-16H,4-5,8-10,21-22H2,(H2,23,29)(H,27,28). The first-order chi connectivity index (χ1) is 14.1. The second-order valence-corrected chi connectivity index (χ2v) is 6.89. The Kier molecular flexibility index (Phi) is 6.99. The van der Waals surface area contributed by atoms with Gasteiger partial charge < -0.3 is 22.5 Å². The molecule has 1 amide bonds. The second-order valence-electron chi connectivity index (χ2n) is 6.89. The summed E-state index contributed by atoms with van der Waals surface area (Å²) in [6.45, 7) is 0.112. The van der Waals surface area contributed by atoms with Crippen molar-refractivity contribution in [1.29, 1.82) is 0 Å². The molecule has 1 heterocycles. The molecule has 2 aromatic rings. The highest BCUT2D eigenvalue weighted by molar-refractivity contribution is 6.32. The monoisotopic (exact) mass is 394 g/mol. The lowest BCUT2D eigenvalue weighted by Crippen LogP contribution is -2.42. The van der Waals surface area contributed by atoms with Crippen LogP contribution in [0.15, 0.2) is 46.5 Å². The highest BCUT2D eigenvalue weighted by Gasteiger charge is 2.22. The van der Waals surface area contributed by atoms with Gasteiger partial charge in [-0.05, 0) is 25.0 Å². The molecule has 9 nitrogen and oxygen atoms in total. The summed E-state index contributed by atoms with van der Waals surface area (Å²) < 4.78 is 0. The molecule has 1 aromatic carbocycles. The van der Waals surface area contributed by atoms with Crippen LogP contribution in [0, 0.1) is 0 Å². The summed E-state index contributed by atoms with van der Waals surface area (Å²) in [6.07, 6.45) is 7.16. The maximum Gasteiger partial charge on any atom is 0.271 e. The van der Waals surface area contributed by atoms with Crippen LogP contribution in [0.4, 0.5) is 17.3 Å². The van der Waals surface area contributed by atoms with E-state index in [9.17, 15) is 4.79 Å². The number of hydrogen-bond acceptors (Lipinski definition) is 8. The first-order valence-electron chi connectivity index (χ1n) is 9.62. The number of nitrogens with two attached hydrogens (primary N) is 3. The summed E-state index contributed by atoms with van der Waals surface area (Å²) >= 11 is 0. The van der Waals surface area contributed by atoms with E-state index in [0.717, 1.165) is 31.4 Å². The van der Waals surface area contributed by atoms with Crippen molar-refractivity contribution < 1.29 is 4.79 Å². The molecule has 0 radical (unpaired) electrons. The van der Waals surface area contributed by atoms with Gasteiger partial charge in [0, 0.05) is 18.6 Å². The molecule has 0 saturated heterocycles. The Hall–Kier alpha value is -3.17. The van der Waals surface area contributed by atoms with Crippen LogP contribution >= 0.6 is 0 Å². The Balaban J connectivity index is 1.87. The van der Waals surface area contributed by atoms with Crippen LogP contribution in [0.2, 0.25) is 0 Å². The number of carbonyl (C=O) groups excluding carboxylic acids is 1. The summed E-state index contributed by atoms with van der Waals surface area (Å²) in [5.74, 6) is -0.118. The largest absolute Gasteiger partial charge is 0.364 e. The Morgan fingerprint density at radius 2 is 2.00 bits per heavy atom. The number of benzene rings is 1. The number of nitrogens with one attached hydrogen (secondary N) is 1. The maximum atomic E-state index is 11.8. The fraction of sp³-hybridized carbons (Fsp3) is 0.350. The Labute approximate surface area is 169 Å². The van der Waals surface area contributed by atoms with Gasteiger partial charge in [0.05, 0.1) is 23.8 Å². The van der Waals surface area contributed by atoms with Gasteiger partial charge in [0.25, 0.3) is 5.91 Å². The van der Waals surface area contributed by atoms with E-state index >= 15 is 0 Å². The number of carbonyl (C=O) groups is 1. The lowest BCUT2D eigenvalue weighted by molar-refractivity contribution is 0.0996. The van der Waals surface area contributed by atoms with Gasteiger partial charge in [-0.1, -0.05) is 31.0 Å². The molecule has 7 N–H and O–H groups in total. The quantitative estimate of drug-likeness (QED) is 0.523. The van der Waals surface area contributed by atoms with Crippen molar-refractivity contribution >= 4 is 35.2 Å². The lowest BCUT2D eigenvalue weighted by atomic mass is 9.91. The van der Waals surface area contributed by atoms with Gasteiger partial charge in [-0.2, -0.15) is 0 Å². The van der Waals surface area contributed by atoms with Crippen LogP contribution in [-0.2, 0) is 0 Å². The summed E-state index contributed by atoms with van der Waals surface area (Å²) in [7, 11) is 0. The van der Waals surface area contributed by atoms with E-state index in [1.165, 1.54) is 6.20 Å². The molecular weight excluding hydrogens is 368 g/mol. The molecule has 1 fully saturated rings. The number of aromatic nitrogens is 2. The van der Waals surface area contributed by atoms with Crippen molar-refractivity contribution in [1.82, 2.24) is 9.97 Å². The molecule has 1 aliphatic rings. The van der Waals surface area contributed by atoms with Gasteiger partial charge in [0.2, 0.25) is 0 Å². The van der Waals surface area contributed by atoms with Crippen molar-refractivity contribution in [3.63, 3.8) is 0 Å². The van der Waals surface area contributed by atoms with E-state index in [2.05, 4.69) is 25.3 Å². The van der Waals surface area contributed by atoms with E-state index in [-0.39, 0.29) is 30.1 Å². The number of aliphatic imine (C=N–C) groups is 2. The topological polar surface area (TPSA) is 158 Å². The predicted octanol–water partition coefficient (Wildman–Crippen LogP) is 1.69. The molecule has 1 aromatic heterocycles. The number of rotatable bonds is 7. The molecule has 0 aliphatic heterocycles. The summed E-state index contributed by atoms with van der Waals surface area (Å²) in [5, 5.41) is 3.30. The number of para-hydroxylation sites is 1. The summed E-state index contributed by atoms with van der Waals surface area (Å²) in [5.41, 5.74) is 18.6. The molecular formula is C20H26N8O. The normalized spacial score (nSPS) is 20.0. The number of anilines is 1. The highest BCUT2D eigenvalue weighted by atomic mass is 16.1. The minimum Gasteiger partial charge on any atom is -0.364 e. The van der Waals surface area contributed by atoms with E-state index in [1.807, 2.05) is 30.3 Å². The van der Waals surface area contributed by atoms with E-state index in [0.29, 0.717) is 11.5 Å². The molecule has 9 heteroatoms. The molecule has 3 rings (SSSR count). The van der Waals surface area contributed by atoms with Crippen LogP contribution < -0.4 is 22.5 Å². The van der Waals surface area contributed by atoms with Crippen molar-refractivity contribution in [2.75, 3.05) is 11.9 Å². The van der Waals surface area contributed by atoms with Crippen molar-refractivity contribution in [2.24, 2.45) is 27.2 Å². The second kappa shape index (κ2) is 9.85. The zero-order valence-corrected chi connectivity index (χ0v) is 16.2. The van der Waals surface area contributed by atoms with Crippen molar-refractivity contribution in [3.8, 4) is 0 Å². The maximum absolute atomic E-state index is 11.8. The molecule has 2 atom stereocenters. The van der Waals surface area contributed by atoms with Crippen LogP contribution in [-0.4, -0.2) is 46.4 Å². The van der Waals surface area contributed by atoms with Gasteiger partial charge in [0.1, 0.15) is 5.82 Å². The zero-order valence-electron chi connectivity index (χ0n) is 16.2. The Bertz CT molecular complexity index is 897. The molecule has 0 spiro atoms. The number of hydrogen-bond donors (Lipinski definition) is 4. The minimum absolute atomic E-state index is 0.0254. The number of nitrogens with zero attached hydrogens (tertiary/aromatic N) is 4. The first-order valence-corrected chi connectivity index (χ1v) is 9.62. The molecule has 0 bridgehead atoms. The molecule has 1 saturated carbocycles. The average Bonchev–Trinajstić information content (AvgIpc) is 2.73. The number of amides is 1. The zero-order chi connectivity index (χ0) is 20.6. The first kappa shape index (κ1) is 20.6. The van der Waals surface area contributed by atoms with E-state index < -0.39 is 5.91 Å². The SMILES string of the molecule is NCC(C=Nc1ccccc1)=Nc1nc(NC2CCCCC2N)cnc1C(N)=O. The van der Waals surface area contributed by atoms with Gasteiger partial charge >= 0.3 is 0 Å². The predicted molar refractivity (Wildman–Crippen MR) is 115 cm³/mol. The van der Waals surface area contributed by atoms with Crippen molar-refractivity contribution in [2.45, 2.75) is 37.8 Å². The molecule has 152 valence electrons. The summed E-state index contributed by atoms with van der Waals surface area (Å²) in [6, 6.07) is 9.53. The summed E-state index contributed by atoms with van der Waals surface area (Å²) in [4.78, 5) is 29.1. The van der Waals surface area contributed by atoms with E-state index in [4.69, 9.17) is 17.2 Å². The Morgan fingerprint density at radius 1 is 1.24 bits per heavy atom. The minimum atomic E-state index is -0.714. The van der Waals surface area contributed by atoms with Gasteiger partial charge in [-0.15, -0.1) is 0 Å². The lowest BCUT2D eigenvalue weighted by Gasteiger charge is -2.29. The Morgan fingerprint density at radius 3 is 2.69 bits per heavy atom. The average molecular weight is 394 g/mol. The number of primary amides is 1. The third-order valence-electron chi connectivity index (χ3n) is 4.72. The van der Waals surface area contributed by atoms with Crippen LogP contribution in [0.3, 0.4) is 0 Å².